The van der Waals surface area contributed by atoms with Crippen LogP contribution in [0.3, 0.4) is 0 Å². The summed E-state index contributed by atoms with van der Waals surface area (Å²) in [4.78, 5) is 48.6. The lowest BCUT2D eigenvalue weighted by atomic mass is 10.3. The maximum atomic E-state index is 11.1. The molecule has 13 heteroatoms. The summed E-state index contributed by atoms with van der Waals surface area (Å²) in [5, 5.41) is 24.9. The van der Waals surface area contributed by atoms with E-state index in [1.54, 1.807) is 0 Å². The lowest BCUT2D eigenvalue weighted by Crippen LogP contribution is -2.35. The molecule has 0 aromatic heterocycles. The molecule has 2 atom stereocenters. The van der Waals surface area contributed by atoms with Crippen molar-refractivity contribution in [1.29, 1.82) is 0 Å². The minimum Gasteiger partial charge on any atom is -0.450 e. The second-order valence-corrected chi connectivity index (χ2v) is 4.88. The highest BCUT2D eigenvalue weighted by atomic mass is 31.2. The highest BCUT2D eigenvalue weighted by molar-refractivity contribution is 7.52. The Morgan fingerprint density at radius 2 is 1.45 bits per heavy atom. The van der Waals surface area contributed by atoms with Crippen LogP contribution in [0, 0.1) is 0 Å². The molecule has 0 aliphatic rings. The van der Waals surface area contributed by atoms with Crippen LogP contribution in [0.15, 0.2) is 0 Å². The zero-order valence-corrected chi connectivity index (χ0v) is 10.5. The van der Waals surface area contributed by atoms with E-state index in [9.17, 15) is 18.9 Å². The molecule has 12 nitrogen and oxygen atoms in total. The molecule has 0 aliphatic heterocycles. The van der Waals surface area contributed by atoms with Gasteiger partial charge in [-0.15, -0.1) is 0 Å². The molecule has 116 valence electrons. The fourth-order valence-corrected chi connectivity index (χ4v) is 1.99. The van der Waals surface area contributed by atoms with Crippen molar-refractivity contribution in [2.45, 2.75) is 18.4 Å². The van der Waals surface area contributed by atoms with Crippen LogP contribution in [-0.2, 0) is 18.8 Å². The van der Waals surface area contributed by atoms with Gasteiger partial charge in [0.05, 0.1) is 6.61 Å². The first-order valence-electron chi connectivity index (χ1n) is 4.74. The topological polar surface area (TPSA) is 197 Å². The monoisotopic (exact) mass is 318 g/mol. The van der Waals surface area contributed by atoms with E-state index in [0.29, 0.717) is 0 Å². The van der Waals surface area contributed by atoms with Crippen molar-refractivity contribution in [3.63, 3.8) is 0 Å². The number of hydrogen-bond donors (Lipinski definition) is 5. The first-order valence-corrected chi connectivity index (χ1v) is 6.42. The van der Waals surface area contributed by atoms with Crippen LogP contribution in [-0.4, -0.2) is 62.1 Å². The third-order valence-corrected chi connectivity index (χ3v) is 2.85. The van der Waals surface area contributed by atoms with E-state index in [2.05, 4.69) is 14.2 Å². The summed E-state index contributed by atoms with van der Waals surface area (Å²) in [5.41, 5.74) is 0. The van der Waals surface area contributed by atoms with Crippen LogP contribution in [0.1, 0.15) is 6.42 Å². The molecule has 0 amide bonds. The van der Waals surface area contributed by atoms with Crippen molar-refractivity contribution < 1.29 is 58.3 Å². The van der Waals surface area contributed by atoms with E-state index in [0.717, 1.165) is 0 Å². The Bertz CT molecular complexity index is 412. The Kier molecular flexibility index (Phi) is 6.76. The van der Waals surface area contributed by atoms with Gasteiger partial charge in [-0.2, -0.15) is 0 Å². The Morgan fingerprint density at radius 3 is 1.80 bits per heavy atom. The highest BCUT2D eigenvalue weighted by Crippen LogP contribution is 2.45. The molecule has 5 N–H and O–H groups in total. The smallest absolute Gasteiger partial charge is 0.450 e. The first kappa shape index (κ1) is 18.0. The lowest BCUT2D eigenvalue weighted by molar-refractivity contribution is -0.0289. The summed E-state index contributed by atoms with van der Waals surface area (Å²) in [5.74, 6) is -2.44. The third kappa shape index (κ3) is 7.41. The number of hydrogen-bond acceptors (Lipinski definition) is 7. The van der Waals surface area contributed by atoms with Crippen molar-refractivity contribution in [3.05, 3.63) is 0 Å². The molecule has 0 aromatic rings. The maximum Gasteiger partial charge on any atom is 0.506 e. The molecule has 0 saturated heterocycles. The molecule has 0 radical (unpaired) electrons. The summed E-state index contributed by atoms with van der Waals surface area (Å²) in [6.07, 6.45) is -8.34. The van der Waals surface area contributed by atoms with Crippen LogP contribution < -0.4 is 0 Å². The number of ether oxygens (including phenoxy) is 3. The summed E-state index contributed by atoms with van der Waals surface area (Å²) >= 11 is 0. The molecular formula is C7H11O12P. The fourth-order valence-electron chi connectivity index (χ4n) is 1.12. The predicted molar refractivity (Wildman–Crippen MR) is 56.4 cm³/mol. The minimum absolute atomic E-state index is 0.651. The average Bonchev–Trinajstić information content (AvgIpc) is 2.21. The largest absolute Gasteiger partial charge is 0.506 e. The van der Waals surface area contributed by atoms with E-state index in [-0.39, 0.29) is 0 Å². The summed E-state index contributed by atoms with van der Waals surface area (Å²) in [6.45, 7) is -0.688. The number of rotatable bonds is 7. The SMILES string of the molecule is O=C(O)OCCC(OC(=O)O)C(OC(=O)O)P(=O)(O)O. The van der Waals surface area contributed by atoms with Gasteiger partial charge in [-0.1, -0.05) is 0 Å². The number of carboxylic acid groups (broad SMARTS) is 3. The van der Waals surface area contributed by atoms with Gasteiger partial charge in [0.1, 0.15) is 0 Å². The van der Waals surface area contributed by atoms with Gasteiger partial charge in [0.15, 0.2) is 6.10 Å². The van der Waals surface area contributed by atoms with Gasteiger partial charge in [0.2, 0.25) is 5.85 Å². The molecule has 0 aromatic carbocycles. The zero-order valence-electron chi connectivity index (χ0n) is 9.61. The van der Waals surface area contributed by atoms with Gasteiger partial charge >= 0.3 is 26.1 Å². The van der Waals surface area contributed by atoms with Crippen LogP contribution in [0.5, 0.6) is 0 Å². The van der Waals surface area contributed by atoms with Crippen LogP contribution in [0.4, 0.5) is 14.4 Å². The Labute approximate surface area is 110 Å². The molecule has 0 rings (SSSR count). The Hall–Kier alpha value is -2.04. The van der Waals surface area contributed by atoms with Gasteiger partial charge in [-0.25, -0.2) is 14.4 Å². The molecule has 0 heterocycles. The molecule has 0 aliphatic carbocycles. The Balaban J connectivity index is 4.99. The van der Waals surface area contributed by atoms with E-state index < -0.39 is 51.0 Å². The van der Waals surface area contributed by atoms with Gasteiger partial charge in [-0.05, 0) is 0 Å². The Morgan fingerprint density at radius 1 is 0.950 bits per heavy atom. The molecule has 0 spiro atoms. The van der Waals surface area contributed by atoms with Crippen molar-refractivity contribution >= 4 is 26.1 Å². The zero-order chi connectivity index (χ0) is 15.9. The van der Waals surface area contributed by atoms with Crippen molar-refractivity contribution in [2.75, 3.05) is 6.61 Å². The summed E-state index contributed by atoms with van der Waals surface area (Å²) < 4.78 is 23.1. The fraction of sp³-hybridized carbons (Fsp3) is 0.571. The van der Waals surface area contributed by atoms with Crippen LogP contribution in [0.2, 0.25) is 0 Å². The lowest BCUT2D eigenvalue weighted by Gasteiger charge is -2.24. The molecule has 20 heavy (non-hydrogen) atoms. The molecule has 0 saturated carbocycles. The molecule has 0 fully saturated rings. The van der Waals surface area contributed by atoms with E-state index >= 15 is 0 Å². The van der Waals surface area contributed by atoms with Gasteiger partial charge in [0, 0.05) is 6.42 Å². The van der Waals surface area contributed by atoms with E-state index in [4.69, 9.17) is 25.1 Å². The van der Waals surface area contributed by atoms with Crippen molar-refractivity contribution in [2.24, 2.45) is 0 Å². The second kappa shape index (κ2) is 7.53. The minimum atomic E-state index is -5.20. The van der Waals surface area contributed by atoms with Crippen molar-refractivity contribution in [3.8, 4) is 0 Å². The van der Waals surface area contributed by atoms with Crippen LogP contribution >= 0.6 is 7.60 Å². The summed E-state index contributed by atoms with van der Waals surface area (Å²) in [6, 6.07) is 0. The van der Waals surface area contributed by atoms with Crippen molar-refractivity contribution in [1.82, 2.24) is 0 Å². The standard InChI is InChI=1S/C7H11O12P/c8-5(9)17-2-1-3(18-6(10)11)4(19-7(12)13)20(14,15)16/h3-4H,1-2H2,(H,8,9)(H,10,11)(H,12,13)(H2,14,15,16). The molecule has 0 bridgehead atoms. The third-order valence-electron chi connectivity index (χ3n) is 1.75. The number of carbonyl (C=O) groups is 3. The predicted octanol–water partition coefficient (Wildman–Crippen LogP) is 0.333. The molecular weight excluding hydrogens is 307 g/mol. The second-order valence-electron chi connectivity index (χ2n) is 3.19. The van der Waals surface area contributed by atoms with E-state index in [1.807, 2.05) is 0 Å². The van der Waals surface area contributed by atoms with Gasteiger partial charge in [0.25, 0.3) is 0 Å². The average molecular weight is 318 g/mol. The van der Waals surface area contributed by atoms with Gasteiger partial charge in [-0.3, -0.25) is 4.57 Å². The first-order chi connectivity index (χ1) is 9.04. The maximum absolute atomic E-state index is 11.1. The van der Waals surface area contributed by atoms with Crippen LogP contribution in [0.25, 0.3) is 0 Å². The van der Waals surface area contributed by atoms with E-state index in [1.165, 1.54) is 0 Å². The van der Waals surface area contributed by atoms with Gasteiger partial charge < -0.3 is 39.3 Å². The quantitative estimate of drug-likeness (QED) is 0.245. The normalized spacial score (nSPS) is 13.9. The highest BCUT2D eigenvalue weighted by Gasteiger charge is 2.42. The summed E-state index contributed by atoms with van der Waals surface area (Å²) in [7, 11) is -5.20. The molecule has 2 unspecified atom stereocenters.